The normalized spacial score (nSPS) is 13.4. The van der Waals surface area contributed by atoms with Crippen LogP contribution < -0.4 is 5.32 Å². The topological polar surface area (TPSA) is 81.7 Å². The molecule has 0 aromatic heterocycles. The molecule has 126 valence electrons. The monoisotopic (exact) mass is 321 g/mol. The van der Waals surface area contributed by atoms with Gasteiger partial charge in [0.1, 0.15) is 18.7 Å². The number of hydrogen-bond acceptors (Lipinski definition) is 6. The van der Waals surface area contributed by atoms with Crippen LogP contribution in [0.2, 0.25) is 0 Å². The fourth-order valence-corrected chi connectivity index (χ4v) is 2.15. The Labute approximate surface area is 136 Å². The molecule has 0 bridgehead atoms. The third-order valence-electron chi connectivity index (χ3n) is 3.40. The molecule has 0 radical (unpaired) electrons. The van der Waals surface area contributed by atoms with Crippen LogP contribution >= 0.6 is 0 Å². The van der Waals surface area contributed by atoms with E-state index in [1.165, 1.54) is 14.2 Å². The molecule has 0 saturated heterocycles. The van der Waals surface area contributed by atoms with Crippen LogP contribution in [0, 0.1) is 5.92 Å². The number of carbonyl (C=O) groups excluding carboxylic acids is 3. The third kappa shape index (κ3) is 5.26. The number of nitrogens with one attached hydrogen (secondary N) is 1. The average Bonchev–Trinajstić information content (AvgIpc) is 2.55. The van der Waals surface area contributed by atoms with Crippen molar-refractivity contribution in [2.45, 2.75) is 25.9 Å². The van der Waals surface area contributed by atoms with Crippen molar-refractivity contribution < 1.29 is 23.9 Å². The molecule has 0 amide bonds. The lowest BCUT2D eigenvalue weighted by atomic mass is 9.97. The predicted octanol–water partition coefficient (Wildman–Crippen LogP) is 1.24. The van der Waals surface area contributed by atoms with Crippen LogP contribution in [0.1, 0.15) is 24.2 Å². The summed E-state index contributed by atoms with van der Waals surface area (Å²) in [7, 11) is 2.65. The van der Waals surface area contributed by atoms with E-state index in [4.69, 9.17) is 9.47 Å². The molecule has 6 nitrogen and oxygen atoms in total. The molecule has 23 heavy (non-hydrogen) atoms. The van der Waals surface area contributed by atoms with Gasteiger partial charge < -0.3 is 9.47 Å². The molecular weight excluding hydrogens is 298 g/mol. The molecule has 0 spiro atoms. The largest absolute Gasteiger partial charge is 0.468 e. The van der Waals surface area contributed by atoms with E-state index in [2.05, 4.69) is 5.32 Å². The minimum atomic E-state index is -1.16. The number of ether oxygens (including phenoxy) is 2. The maximum absolute atomic E-state index is 12.6. The molecule has 0 fully saturated rings. The van der Waals surface area contributed by atoms with Gasteiger partial charge in [0.15, 0.2) is 11.6 Å². The molecule has 0 aliphatic rings. The number of benzene rings is 1. The lowest BCUT2D eigenvalue weighted by molar-refractivity contribution is -0.144. The van der Waals surface area contributed by atoms with Crippen molar-refractivity contribution in [3.63, 3.8) is 0 Å². The molecule has 0 aliphatic carbocycles. The first kappa shape index (κ1) is 19.0. The van der Waals surface area contributed by atoms with E-state index in [1.807, 2.05) is 0 Å². The van der Waals surface area contributed by atoms with Gasteiger partial charge in [0, 0.05) is 12.7 Å². The van der Waals surface area contributed by atoms with Crippen LogP contribution in [0.4, 0.5) is 0 Å². The number of Topliss-reactive ketones (excluding diaryl/α,β-unsaturated/α-hetero) is 2. The summed E-state index contributed by atoms with van der Waals surface area (Å²) in [4.78, 5) is 36.8. The summed E-state index contributed by atoms with van der Waals surface area (Å²) < 4.78 is 9.59. The second kappa shape index (κ2) is 9.17. The summed E-state index contributed by atoms with van der Waals surface area (Å²) in [6, 6.07) is 6.53. The van der Waals surface area contributed by atoms with E-state index in [0.717, 1.165) is 0 Å². The lowest BCUT2D eigenvalue weighted by Gasteiger charge is -2.25. The molecule has 0 saturated carbocycles. The van der Waals surface area contributed by atoms with Crippen molar-refractivity contribution in [2.24, 2.45) is 5.92 Å². The van der Waals surface area contributed by atoms with Crippen molar-refractivity contribution in [3.05, 3.63) is 35.9 Å². The average molecular weight is 321 g/mol. The highest BCUT2D eigenvalue weighted by atomic mass is 16.5. The fourth-order valence-electron chi connectivity index (χ4n) is 2.15. The van der Waals surface area contributed by atoms with Crippen LogP contribution in [0.15, 0.2) is 30.3 Å². The number of rotatable bonds is 9. The maximum Gasteiger partial charge on any atom is 0.323 e. The summed E-state index contributed by atoms with van der Waals surface area (Å²) in [5.74, 6) is -1.50. The molecule has 1 rings (SSSR count). The predicted molar refractivity (Wildman–Crippen MR) is 85.2 cm³/mol. The molecule has 1 aromatic carbocycles. The van der Waals surface area contributed by atoms with E-state index in [9.17, 15) is 14.4 Å². The Balaban J connectivity index is 3.07. The van der Waals surface area contributed by atoms with Gasteiger partial charge in [-0.2, -0.15) is 0 Å². The number of carbonyl (C=O) groups is 3. The first-order valence-electron chi connectivity index (χ1n) is 7.37. The highest BCUT2D eigenvalue weighted by Gasteiger charge is 2.33. The quantitative estimate of drug-likeness (QED) is 0.419. The van der Waals surface area contributed by atoms with E-state index in [1.54, 1.807) is 44.2 Å². The Bertz CT molecular complexity index is 541. The van der Waals surface area contributed by atoms with Gasteiger partial charge in [-0.25, -0.2) is 0 Å². The number of esters is 1. The van der Waals surface area contributed by atoms with Gasteiger partial charge in [0.2, 0.25) is 0 Å². The smallest absolute Gasteiger partial charge is 0.323 e. The number of ketones is 2. The zero-order valence-electron chi connectivity index (χ0n) is 13.9. The van der Waals surface area contributed by atoms with Gasteiger partial charge in [0.05, 0.1) is 7.11 Å². The van der Waals surface area contributed by atoms with Gasteiger partial charge in [-0.15, -0.1) is 0 Å². The number of hydrogen-bond donors (Lipinski definition) is 1. The summed E-state index contributed by atoms with van der Waals surface area (Å²) in [5.41, 5.74) is 0.391. The molecule has 0 heterocycles. The molecule has 2 unspecified atom stereocenters. The van der Waals surface area contributed by atoms with Crippen LogP contribution in [-0.4, -0.2) is 50.4 Å². The van der Waals surface area contributed by atoms with Crippen LogP contribution in [-0.2, 0) is 19.1 Å². The Morgan fingerprint density at radius 1 is 1.09 bits per heavy atom. The first-order chi connectivity index (χ1) is 10.9. The van der Waals surface area contributed by atoms with Gasteiger partial charge >= 0.3 is 5.97 Å². The molecule has 0 aliphatic heterocycles. The summed E-state index contributed by atoms with van der Waals surface area (Å²) in [6.45, 7) is 3.39. The fraction of sp³-hybridized carbons (Fsp3) is 0.471. The Morgan fingerprint density at radius 2 is 1.70 bits per heavy atom. The van der Waals surface area contributed by atoms with Gasteiger partial charge in [0.25, 0.3) is 0 Å². The highest BCUT2D eigenvalue weighted by Crippen LogP contribution is 2.10. The number of methoxy groups -OCH3 is 2. The van der Waals surface area contributed by atoms with E-state index < -0.39 is 29.6 Å². The van der Waals surface area contributed by atoms with Gasteiger partial charge in [-0.3, -0.25) is 19.7 Å². The van der Waals surface area contributed by atoms with Crippen LogP contribution in [0.25, 0.3) is 0 Å². The minimum absolute atomic E-state index is 0.149. The molecule has 6 heteroatoms. The van der Waals surface area contributed by atoms with Crippen LogP contribution in [0.5, 0.6) is 0 Å². The Morgan fingerprint density at radius 3 is 2.17 bits per heavy atom. The second-order valence-electron chi connectivity index (χ2n) is 5.47. The van der Waals surface area contributed by atoms with Gasteiger partial charge in [-0.05, 0) is 5.92 Å². The van der Waals surface area contributed by atoms with Gasteiger partial charge in [-0.1, -0.05) is 44.2 Å². The highest BCUT2D eigenvalue weighted by molar-refractivity contribution is 6.14. The lowest BCUT2D eigenvalue weighted by Crippen LogP contribution is -2.54. The SMILES string of the molecule is COCC(=O)C(NC(C(=O)OC)C(C)C)C(=O)c1ccccc1. The summed E-state index contributed by atoms with van der Waals surface area (Å²) >= 11 is 0. The minimum Gasteiger partial charge on any atom is -0.468 e. The van der Waals surface area contributed by atoms with E-state index in [0.29, 0.717) is 5.56 Å². The van der Waals surface area contributed by atoms with Crippen molar-refractivity contribution >= 4 is 17.5 Å². The maximum atomic E-state index is 12.6. The van der Waals surface area contributed by atoms with Crippen molar-refractivity contribution in [1.29, 1.82) is 0 Å². The molecular formula is C17H23NO5. The first-order valence-corrected chi connectivity index (χ1v) is 7.37. The van der Waals surface area contributed by atoms with Crippen molar-refractivity contribution in [1.82, 2.24) is 5.32 Å². The summed E-state index contributed by atoms with van der Waals surface area (Å²) in [5, 5.41) is 2.83. The molecule has 2 atom stereocenters. The Kier molecular flexibility index (Phi) is 7.57. The third-order valence-corrected chi connectivity index (χ3v) is 3.40. The van der Waals surface area contributed by atoms with Crippen molar-refractivity contribution in [2.75, 3.05) is 20.8 Å². The molecule has 1 aromatic rings. The summed E-state index contributed by atoms with van der Waals surface area (Å²) in [6.07, 6.45) is 0. The zero-order valence-corrected chi connectivity index (χ0v) is 13.9. The second-order valence-corrected chi connectivity index (χ2v) is 5.47. The van der Waals surface area contributed by atoms with E-state index >= 15 is 0 Å². The van der Waals surface area contributed by atoms with Crippen LogP contribution in [0.3, 0.4) is 0 Å². The van der Waals surface area contributed by atoms with Crippen molar-refractivity contribution in [3.8, 4) is 0 Å². The standard InChI is InChI=1S/C17H23NO5/c1-11(2)14(17(21)23-4)18-15(13(19)10-22-3)16(20)12-8-6-5-7-9-12/h5-9,11,14-15,18H,10H2,1-4H3. The Hall–Kier alpha value is -2.05. The molecule has 1 N–H and O–H groups in total. The zero-order chi connectivity index (χ0) is 17.4. The van der Waals surface area contributed by atoms with E-state index in [-0.39, 0.29) is 12.5 Å².